The molecule has 0 spiro atoms. The third-order valence-electron chi connectivity index (χ3n) is 4.75. The van der Waals surface area contributed by atoms with Gasteiger partial charge in [-0.25, -0.2) is 27.5 Å². The van der Waals surface area contributed by atoms with E-state index in [1.54, 1.807) is 24.4 Å². The maximum Gasteiger partial charge on any atom is 0.316 e. The highest BCUT2D eigenvalue weighted by Gasteiger charge is 2.28. The smallest absolute Gasteiger partial charge is 0.316 e. The Morgan fingerprint density at radius 2 is 1.71 bits per heavy atom. The van der Waals surface area contributed by atoms with Gasteiger partial charge in [-0.15, -0.1) is 0 Å². The second-order valence-electron chi connectivity index (χ2n) is 6.73. The van der Waals surface area contributed by atoms with Gasteiger partial charge in [0, 0.05) is 17.6 Å². The first-order valence-corrected chi connectivity index (χ1v) is 10.5. The first kappa shape index (κ1) is 18.7. The van der Waals surface area contributed by atoms with Crippen LogP contribution in [0.25, 0.3) is 10.9 Å². The lowest BCUT2D eigenvalue weighted by Gasteiger charge is -2.28. The summed E-state index contributed by atoms with van der Waals surface area (Å²) in [5.41, 5.74) is 0.461. The number of halogens is 1. The van der Waals surface area contributed by atoms with Crippen molar-refractivity contribution >= 4 is 20.9 Å². The van der Waals surface area contributed by atoms with E-state index < -0.39 is 15.8 Å². The fourth-order valence-electron chi connectivity index (χ4n) is 3.38. The summed E-state index contributed by atoms with van der Waals surface area (Å²) in [6, 6.07) is 8.68. The van der Waals surface area contributed by atoms with Gasteiger partial charge in [-0.3, -0.25) is 4.98 Å². The molecular weight excluding hydrogens is 383 g/mol. The summed E-state index contributed by atoms with van der Waals surface area (Å²) in [4.78, 5) is 12.0. The number of rotatable bonds is 5. The highest BCUT2D eigenvalue weighted by molar-refractivity contribution is 7.89. The summed E-state index contributed by atoms with van der Waals surface area (Å²) < 4.78 is 47.1. The quantitative estimate of drug-likeness (QED) is 0.705. The SMILES string of the molecule is O=S(=O)(NC1CCC(Oc2ncc(F)cn2)CC1)c1cccc2cccnc12. The third kappa shape index (κ3) is 4.10. The van der Waals surface area contributed by atoms with E-state index in [0.717, 1.165) is 17.8 Å². The van der Waals surface area contributed by atoms with Gasteiger partial charge in [-0.1, -0.05) is 18.2 Å². The number of ether oxygens (including phenoxy) is 1. The lowest BCUT2D eigenvalue weighted by atomic mass is 9.94. The van der Waals surface area contributed by atoms with Crippen LogP contribution in [-0.2, 0) is 10.0 Å². The number of hydrogen-bond acceptors (Lipinski definition) is 6. The molecule has 9 heteroatoms. The minimum absolute atomic E-state index is 0.120. The Kier molecular flexibility index (Phi) is 5.19. The Hall–Kier alpha value is -2.65. The molecule has 1 aliphatic carbocycles. The fraction of sp³-hybridized carbons (Fsp3) is 0.316. The summed E-state index contributed by atoms with van der Waals surface area (Å²) in [5.74, 6) is -0.520. The molecule has 0 bridgehead atoms. The maximum absolute atomic E-state index is 12.9. The van der Waals surface area contributed by atoms with E-state index >= 15 is 0 Å². The lowest BCUT2D eigenvalue weighted by Crippen LogP contribution is -2.39. The van der Waals surface area contributed by atoms with E-state index in [2.05, 4.69) is 19.7 Å². The van der Waals surface area contributed by atoms with Gasteiger partial charge in [0.15, 0.2) is 5.82 Å². The number of pyridine rings is 1. The van der Waals surface area contributed by atoms with Crippen molar-refractivity contribution in [2.45, 2.75) is 42.7 Å². The average Bonchev–Trinajstić information content (AvgIpc) is 2.70. The van der Waals surface area contributed by atoms with Crippen molar-refractivity contribution in [3.05, 3.63) is 54.7 Å². The largest absolute Gasteiger partial charge is 0.460 e. The standard InChI is InChI=1S/C19H19FN4O3S/c20-14-11-22-19(23-12-14)27-16-8-6-15(7-9-16)24-28(25,26)17-5-1-3-13-4-2-10-21-18(13)17/h1-5,10-12,15-16,24H,6-9H2. The number of nitrogens with one attached hydrogen (secondary N) is 1. The number of fused-ring (bicyclic) bond motifs is 1. The Morgan fingerprint density at radius 3 is 2.46 bits per heavy atom. The zero-order valence-corrected chi connectivity index (χ0v) is 15.8. The van der Waals surface area contributed by atoms with Crippen LogP contribution < -0.4 is 9.46 Å². The van der Waals surface area contributed by atoms with Crippen molar-refractivity contribution in [1.82, 2.24) is 19.7 Å². The van der Waals surface area contributed by atoms with Crippen molar-refractivity contribution in [2.75, 3.05) is 0 Å². The van der Waals surface area contributed by atoms with Crippen molar-refractivity contribution in [1.29, 1.82) is 0 Å². The molecule has 0 radical (unpaired) electrons. The van der Waals surface area contributed by atoms with Crippen LogP contribution in [-0.4, -0.2) is 35.5 Å². The third-order valence-corrected chi connectivity index (χ3v) is 6.30. The number of benzene rings is 1. The predicted octanol–water partition coefficient (Wildman–Crippen LogP) is 2.83. The summed E-state index contributed by atoms with van der Waals surface area (Å²) in [6.07, 6.45) is 6.14. The molecule has 4 rings (SSSR count). The van der Waals surface area contributed by atoms with Crippen LogP contribution in [0.4, 0.5) is 4.39 Å². The number of sulfonamides is 1. The van der Waals surface area contributed by atoms with Gasteiger partial charge in [0.1, 0.15) is 11.0 Å². The topological polar surface area (TPSA) is 94.1 Å². The molecule has 1 N–H and O–H groups in total. The van der Waals surface area contributed by atoms with Gasteiger partial charge in [-0.2, -0.15) is 0 Å². The molecule has 1 fully saturated rings. The van der Waals surface area contributed by atoms with E-state index in [0.29, 0.717) is 31.2 Å². The van der Waals surface area contributed by atoms with Gasteiger partial charge in [0.2, 0.25) is 10.0 Å². The molecule has 146 valence electrons. The molecule has 0 amide bonds. The summed E-state index contributed by atoms with van der Waals surface area (Å²) in [5, 5.41) is 0.779. The highest BCUT2D eigenvalue weighted by Crippen LogP contribution is 2.25. The molecule has 1 aliphatic rings. The van der Waals surface area contributed by atoms with Crippen molar-refractivity contribution in [3.63, 3.8) is 0 Å². The van der Waals surface area contributed by atoms with Crippen molar-refractivity contribution in [2.24, 2.45) is 0 Å². The fourth-order valence-corrected chi connectivity index (χ4v) is 4.87. The van der Waals surface area contributed by atoms with Crippen LogP contribution in [0.5, 0.6) is 6.01 Å². The molecule has 0 saturated heterocycles. The second-order valence-corrected chi connectivity index (χ2v) is 8.41. The molecule has 3 aromatic rings. The van der Waals surface area contributed by atoms with Crippen molar-refractivity contribution in [3.8, 4) is 6.01 Å². The van der Waals surface area contributed by atoms with Gasteiger partial charge in [0.05, 0.1) is 17.9 Å². The molecule has 0 aliphatic heterocycles. The van der Waals surface area contributed by atoms with E-state index in [-0.39, 0.29) is 23.1 Å². The molecule has 2 aromatic heterocycles. The first-order valence-electron chi connectivity index (χ1n) is 9.01. The zero-order valence-electron chi connectivity index (χ0n) is 15.0. The molecule has 7 nitrogen and oxygen atoms in total. The Balaban J connectivity index is 1.40. The Morgan fingerprint density at radius 1 is 1.00 bits per heavy atom. The van der Waals surface area contributed by atoms with E-state index in [1.807, 2.05) is 12.1 Å². The van der Waals surface area contributed by atoms with Crippen LogP contribution in [0, 0.1) is 5.82 Å². The first-order chi connectivity index (χ1) is 13.5. The predicted molar refractivity (Wildman–Crippen MR) is 101 cm³/mol. The minimum atomic E-state index is -3.69. The van der Waals surface area contributed by atoms with Crippen LogP contribution in [0.2, 0.25) is 0 Å². The maximum atomic E-state index is 12.9. The normalized spacial score (nSPS) is 20.2. The summed E-state index contributed by atoms with van der Waals surface area (Å²) in [7, 11) is -3.69. The molecule has 1 aromatic carbocycles. The summed E-state index contributed by atoms with van der Waals surface area (Å²) in [6.45, 7) is 0. The second kappa shape index (κ2) is 7.76. The number of hydrogen-bond donors (Lipinski definition) is 1. The van der Waals surface area contributed by atoms with Crippen LogP contribution in [0.3, 0.4) is 0 Å². The monoisotopic (exact) mass is 402 g/mol. The molecule has 0 unspecified atom stereocenters. The van der Waals surface area contributed by atoms with Crippen LogP contribution in [0.15, 0.2) is 53.8 Å². The minimum Gasteiger partial charge on any atom is -0.460 e. The number of nitrogens with zero attached hydrogens (tertiary/aromatic N) is 3. The molecule has 2 heterocycles. The Bertz CT molecular complexity index is 1060. The van der Waals surface area contributed by atoms with Gasteiger partial charge in [0.25, 0.3) is 0 Å². The van der Waals surface area contributed by atoms with E-state index in [9.17, 15) is 12.8 Å². The lowest BCUT2D eigenvalue weighted by molar-refractivity contribution is 0.132. The molecule has 0 atom stereocenters. The Labute approximate surface area is 162 Å². The number of aromatic nitrogens is 3. The van der Waals surface area contributed by atoms with Gasteiger partial charge in [-0.05, 0) is 37.8 Å². The highest BCUT2D eigenvalue weighted by atomic mass is 32.2. The van der Waals surface area contributed by atoms with E-state index in [4.69, 9.17) is 4.74 Å². The molecular formula is C19H19FN4O3S. The zero-order chi connectivity index (χ0) is 19.6. The van der Waals surface area contributed by atoms with Gasteiger partial charge < -0.3 is 4.74 Å². The molecule has 1 saturated carbocycles. The number of para-hydroxylation sites is 1. The van der Waals surface area contributed by atoms with Gasteiger partial charge >= 0.3 is 6.01 Å². The van der Waals surface area contributed by atoms with E-state index in [1.165, 1.54) is 0 Å². The summed E-state index contributed by atoms with van der Waals surface area (Å²) >= 11 is 0. The van der Waals surface area contributed by atoms with Crippen LogP contribution in [0.1, 0.15) is 25.7 Å². The average molecular weight is 402 g/mol. The van der Waals surface area contributed by atoms with Crippen molar-refractivity contribution < 1.29 is 17.5 Å². The molecule has 28 heavy (non-hydrogen) atoms. The van der Waals surface area contributed by atoms with Crippen LogP contribution >= 0.6 is 0 Å².